The molecule has 0 fully saturated rings. The summed E-state index contributed by atoms with van der Waals surface area (Å²) in [6, 6.07) is 9.50. The third kappa shape index (κ3) is 2.17. The molecule has 0 aliphatic carbocycles. The van der Waals surface area contributed by atoms with Crippen molar-refractivity contribution in [2.24, 2.45) is 0 Å². The Hall–Kier alpha value is -2.36. The van der Waals surface area contributed by atoms with Gasteiger partial charge in [-0.25, -0.2) is 0 Å². The van der Waals surface area contributed by atoms with Crippen LogP contribution in [0.15, 0.2) is 34.7 Å². The number of nitro benzene ring substituents is 1. The zero-order valence-electron chi connectivity index (χ0n) is 12.6. The molecule has 0 saturated carbocycles. The number of hydrogen-bond acceptors (Lipinski definition) is 3. The van der Waals surface area contributed by atoms with Crippen LogP contribution < -0.4 is 0 Å². The normalized spacial score (nSPS) is 12.2. The van der Waals surface area contributed by atoms with Crippen LogP contribution in [0.1, 0.15) is 31.9 Å². The molecular formula is C17H17NO3. The maximum Gasteiger partial charge on any atom is 0.312 e. The molecule has 4 nitrogen and oxygen atoms in total. The first-order chi connectivity index (χ1) is 9.77. The first kappa shape index (κ1) is 13.6. The third-order valence-electron chi connectivity index (χ3n) is 3.77. The highest BCUT2D eigenvalue weighted by atomic mass is 16.6. The van der Waals surface area contributed by atoms with E-state index in [9.17, 15) is 10.1 Å². The molecule has 1 aromatic heterocycles. The molecule has 0 saturated heterocycles. The molecule has 0 amide bonds. The van der Waals surface area contributed by atoms with Crippen molar-refractivity contribution in [1.82, 2.24) is 0 Å². The highest BCUT2D eigenvalue weighted by Gasteiger charge is 2.24. The minimum Gasteiger partial charge on any atom is -0.449 e. The van der Waals surface area contributed by atoms with Crippen LogP contribution >= 0.6 is 0 Å². The fourth-order valence-corrected chi connectivity index (χ4v) is 2.54. The zero-order chi connectivity index (χ0) is 15.4. The van der Waals surface area contributed by atoms with Crippen LogP contribution in [0.5, 0.6) is 0 Å². The standard InChI is InChI=1S/C17H17NO3/c1-10-5-6-12-13-8-11(17(2,3)4)9-14(18(19)20)16(13)21-15(12)7-10/h5-9H,1-4H3. The third-order valence-corrected chi connectivity index (χ3v) is 3.77. The van der Waals surface area contributed by atoms with Gasteiger partial charge in [-0.05, 0) is 35.6 Å². The summed E-state index contributed by atoms with van der Waals surface area (Å²) in [4.78, 5) is 11.0. The summed E-state index contributed by atoms with van der Waals surface area (Å²) in [5.74, 6) is 0. The van der Waals surface area contributed by atoms with Crippen molar-refractivity contribution in [3.63, 3.8) is 0 Å². The molecule has 3 rings (SSSR count). The van der Waals surface area contributed by atoms with E-state index in [-0.39, 0.29) is 16.0 Å². The van der Waals surface area contributed by atoms with Crippen molar-refractivity contribution in [2.75, 3.05) is 0 Å². The number of nitro groups is 1. The lowest BCUT2D eigenvalue weighted by molar-refractivity contribution is -0.383. The van der Waals surface area contributed by atoms with Gasteiger partial charge in [0.05, 0.1) is 4.92 Å². The molecule has 0 spiro atoms. The average molecular weight is 283 g/mol. The molecule has 0 radical (unpaired) electrons. The smallest absolute Gasteiger partial charge is 0.312 e. The summed E-state index contributed by atoms with van der Waals surface area (Å²) in [5, 5.41) is 13.1. The van der Waals surface area contributed by atoms with E-state index < -0.39 is 0 Å². The largest absolute Gasteiger partial charge is 0.449 e. The number of fused-ring (bicyclic) bond motifs is 3. The van der Waals surface area contributed by atoms with Crippen LogP contribution in [0.3, 0.4) is 0 Å². The van der Waals surface area contributed by atoms with Gasteiger partial charge in [0.2, 0.25) is 5.58 Å². The Morgan fingerprint density at radius 1 is 1.10 bits per heavy atom. The van der Waals surface area contributed by atoms with Crippen molar-refractivity contribution in [2.45, 2.75) is 33.1 Å². The van der Waals surface area contributed by atoms with Gasteiger partial charge >= 0.3 is 5.69 Å². The molecule has 0 unspecified atom stereocenters. The van der Waals surface area contributed by atoms with E-state index in [0.717, 1.165) is 21.9 Å². The van der Waals surface area contributed by atoms with Crippen LogP contribution in [0.4, 0.5) is 5.69 Å². The number of furan rings is 1. The second-order valence-electron chi connectivity index (χ2n) is 6.48. The minimum absolute atomic E-state index is 0.0336. The molecule has 21 heavy (non-hydrogen) atoms. The van der Waals surface area contributed by atoms with E-state index in [1.807, 2.05) is 52.0 Å². The van der Waals surface area contributed by atoms with Crippen molar-refractivity contribution in [3.05, 3.63) is 51.6 Å². The van der Waals surface area contributed by atoms with Gasteiger partial charge in [0, 0.05) is 16.8 Å². The van der Waals surface area contributed by atoms with Gasteiger partial charge in [-0.15, -0.1) is 0 Å². The lowest BCUT2D eigenvalue weighted by Gasteiger charge is -2.18. The van der Waals surface area contributed by atoms with E-state index in [2.05, 4.69) is 0 Å². The predicted molar refractivity (Wildman–Crippen MR) is 83.8 cm³/mol. The van der Waals surface area contributed by atoms with Crippen molar-refractivity contribution in [3.8, 4) is 0 Å². The number of aryl methyl sites for hydroxylation is 1. The van der Waals surface area contributed by atoms with Crippen LogP contribution in [-0.2, 0) is 5.41 Å². The molecule has 0 atom stereocenters. The molecule has 108 valence electrons. The lowest BCUT2D eigenvalue weighted by atomic mass is 9.86. The van der Waals surface area contributed by atoms with Gasteiger partial charge in [-0.1, -0.05) is 32.9 Å². The molecular weight excluding hydrogens is 266 g/mol. The molecule has 4 heteroatoms. The summed E-state index contributed by atoms with van der Waals surface area (Å²) in [6.07, 6.45) is 0. The van der Waals surface area contributed by atoms with Gasteiger partial charge in [-0.2, -0.15) is 0 Å². The Morgan fingerprint density at radius 3 is 2.43 bits per heavy atom. The number of rotatable bonds is 1. The second kappa shape index (κ2) is 4.32. The summed E-state index contributed by atoms with van der Waals surface area (Å²) in [6.45, 7) is 8.11. The van der Waals surface area contributed by atoms with E-state index in [1.165, 1.54) is 0 Å². The zero-order valence-corrected chi connectivity index (χ0v) is 12.6. The Kier molecular flexibility index (Phi) is 2.80. The fourth-order valence-electron chi connectivity index (χ4n) is 2.54. The van der Waals surface area contributed by atoms with Crippen LogP contribution in [0.2, 0.25) is 0 Å². The number of nitrogens with zero attached hydrogens (tertiary/aromatic N) is 1. The van der Waals surface area contributed by atoms with Crippen molar-refractivity contribution >= 4 is 27.6 Å². The Morgan fingerprint density at radius 2 is 1.81 bits per heavy atom. The Bertz CT molecular complexity index is 869. The Balaban J connectivity index is 2.48. The summed E-state index contributed by atoms with van der Waals surface area (Å²) in [5.41, 5.74) is 2.93. The number of hydrogen-bond donors (Lipinski definition) is 0. The van der Waals surface area contributed by atoms with E-state index >= 15 is 0 Å². The fraction of sp³-hybridized carbons (Fsp3) is 0.294. The topological polar surface area (TPSA) is 56.3 Å². The first-order valence-corrected chi connectivity index (χ1v) is 6.89. The monoisotopic (exact) mass is 283 g/mol. The molecule has 3 aromatic rings. The van der Waals surface area contributed by atoms with Crippen LogP contribution in [0.25, 0.3) is 21.9 Å². The van der Waals surface area contributed by atoms with Gasteiger partial charge in [-0.3, -0.25) is 10.1 Å². The van der Waals surface area contributed by atoms with Crippen molar-refractivity contribution < 1.29 is 9.34 Å². The first-order valence-electron chi connectivity index (χ1n) is 6.89. The molecule has 0 aliphatic rings. The SMILES string of the molecule is Cc1ccc2c(c1)oc1c([N+](=O)[O-])cc(C(C)(C)C)cc12. The highest BCUT2D eigenvalue weighted by Crippen LogP contribution is 2.38. The maximum atomic E-state index is 11.4. The summed E-state index contributed by atoms with van der Waals surface area (Å²) < 4.78 is 5.75. The van der Waals surface area contributed by atoms with Gasteiger partial charge < -0.3 is 4.42 Å². The number of non-ortho nitro benzene ring substituents is 1. The summed E-state index contributed by atoms with van der Waals surface area (Å²) in [7, 11) is 0. The molecule has 0 bridgehead atoms. The molecule has 1 heterocycles. The molecule has 0 aliphatic heterocycles. The number of benzene rings is 2. The Labute approximate surface area is 122 Å². The summed E-state index contributed by atoms with van der Waals surface area (Å²) >= 11 is 0. The minimum atomic E-state index is -0.368. The van der Waals surface area contributed by atoms with E-state index in [0.29, 0.717) is 11.2 Å². The van der Waals surface area contributed by atoms with Crippen molar-refractivity contribution in [1.29, 1.82) is 0 Å². The molecule has 0 N–H and O–H groups in total. The van der Waals surface area contributed by atoms with Crippen LogP contribution in [0, 0.1) is 17.0 Å². The highest BCUT2D eigenvalue weighted by molar-refractivity contribution is 6.08. The van der Waals surface area contributed by atoms with Gasteiger partial charge in [0.1, 0.15) is 5.58 Å². The predicted octanol–water partition coefficient (Wildman–Crippen LogP) is 5.10. The second-order valence-corrected chi connectivity index (χ2v) is 6.48. The van der Waals surface area contributed by atoms with Gasteiger partial charge in [0.15, 0.2) is 0 Å². The maximum absolute atomic E-state index is 11.4. The average Bonchev–Trinajstić information content (AvgIpc) is 2.73. The molecule has 2 aromatic carbocycles. The van der Waals surface area contributed by atoms with Gasteiger partial charge in [0.25, 0.3) is 0 Å². The van der Waals surface area contributed by atoms with E-state index in [4.69, 9.17) is 4.42 Å². The van der Waals surface area contributed by atoms with E-state index in [1.54, 1.807) is 6.07 Å². The quantitative estimate of drug-likeness (QED) is 0.461. The lowest BCUT2D eigenvalue weighted by Crippen LogP contribution is -2.11. The van der Waals surface area contributed by atoms with Crippen LogP contribution in [-0.4, -0.2) is 4.92 Å².